The summed E-state index contributed by atoms with van der Waals surface area (Å²) in [7, 11) is 0. The van der Waals surface area contributed by atoms with Crippen molar-refractivity contribution in [3.05, 3.63) is 28.2 Å². The molecule has 0 spiro atoms. The van der Waals surface area contributed by atoms with Crippen molar-refractivity contribution in [1.29, 1.82) is 0 Å². The molecule has 4 saturated carbocycles. The van der Waals surface area contributed by atoms with E-state index in [0.29, 0.717) is 0 Å². The van der Waals surface area contributed by atoms with Gasteiger partial charge >= 0.3 is 0 Å². The molecule has 0 radical (unpaired) electrons. The highest BCUT2D eigenvalue weighted by Gasteiger charge is 2.54. The summed E-state index contributed by atoms with van der Waals surface area (Å²) in [6, 6.07) is 5.18. The molecule has 2 amide bonds. The van der Waals surface area contributed by atoms with Crippen molar-refractivity contribution < 1.29 is 9.59 Å². The van der Waals surface area contributed by atoms with Crippen LogP contribution >= 0.6 is 15.9 Å². The van der Waals surface area contributed by atoms with Crippen LogP contribution in [0.5, 0.6) is 0 Å². The first-order valence-electron chi connectivity index (χ1n) is 9.72. The van der Waals surface area contributed by atoms with Gasteiger partial charge in [-0.05, 0) is 93.9 Å². The van der Waals surface area contributed by atoms with Gasteiger partial charge in [0.15, 0.2) is 0 Å². The Balaban J connectivity index is 1.39. The number of nitrogens with one attached hydrogen (secondary N) is 2. The van der Waals surface area contributed by atoms with E-state index in [0.717, 1.165) is 52.7 Å². The lowest BCUT2D eigenvalue weighted by Gasteiger charge is -2.55. The van der Waals surface area contributed by atoms with Gasteiger partial charge in [-0.1, -0.05) is 15.9 Å². The van der Waals surface area contributed by atoms with E-state index in [1.807, 2.05) is 25.1 Å². The van der Waals surface area contributed by atoms with E-state index in [1.54, 1.807) is 6.92 Å². The number of benzene rings is 1. The third-order valence-electron chi connectivity index (χ3n) is 6.69. The molecular formula is C21H27BrN2O2. The summed E-state index contributed by atoms with van der Waals surface area (Å²) in [5, 5.41) is 5.94. The monoisotopic (exact) mass is 418 g/mol. The number of amides is 2. The van der Waals surface area contributed by atoms with E-state index in [9.17, 15) is 9.59 Å². The van der Waals surface area contributed by atoms with Crippen molar-refractivity contribution in [2.75, 3.05) is 5.32 Å². The Hall–Kier alpha value is -1.36. The number of rotatable bonds is 4. The van der Waals surface area contributed by atoms with Crippen molar-refractivity contribution in [2.45, 2.75) is 58.4 Å². The second-order valence-corrected chi connectivity index (χ2v) is 9.70. The van der Waals surface area contributed by atoms with Crippen LogP contribution in [0, 0.1) is 30.1 Å². The van der Waals surface area contributed by atoms with E-state index in [-0.39, 0.29) is 17.2 Å². The van der Waals surface area contributed by atoms with Gasteiger partial charge in [0.25, 0.3) is 0 Å². The maximum absolute atomic E-state index is 13.1. The SMILES string of the molecule is Cc1cc(NC(=O)[C@H](C)NC(=O)C23CC4CC(CC(C4)C2)C3)ccc1Br. The molecule has 1 atom stereocenters. The fourth-order valence-corrected chi connectivity index (χ4v) is 6.02. The van der Waals surface area contributed by atoms with E-state index in [1.165, 1.54) is 19.3 Å². The summed E-state index contributed by atoms with van der Waals surface area (Å²) in [6.45, 7) is 3.76. The summed E-state index contributed by atoms with van der Waals surface area (Å²) in [6.07, 6.45) is 6.99. The number of hydrogen-bond acceptors (Lipinski definition) is 2. The summed E-state index contributed by atoms with van der Waals surface area (Å²) in [5.41, 5.74) is 1.61. The first-order valence-corrected chi connectivity index (χ1v) is 10.5. The Morgan fingerprint density at radius 1 is 1.12 bits per heavy atom. The van der Waals surface area contributed by atoms with Gasteiger partial charge in [0.05, 0.1) is 0 Å². The normalized spacial score (nSPS) is 33.0. The largest absolute Gasteiger partial charge is 0.344 e. The molecule has 0 saturated heterocycles. The van der Waals surface area contributed by atoms with Crippen molar-refractivity contribution in [2.24, 2.45) is 23.2 Å². The molecule has 4 bridgehead atoms. The zero-order valence-electron chi connectivity index (χ0n) is 15.5. The fourth-order valence-electron chi connectivity index (χ4n) is 5.78. The number of anilines is 1. The minimum atomic E-state index is -0.528. The summed E-state index contributed by atoms with van der Waals surface area (Å²) < 4.78 is 1.01. The Morgan fingerprint density at radius 3 is 2.23 bits per heavy atom. The van der Waals surface area contributed by atoms with Crippen molar-refractivity contribution in [3.63, 3.8) is 0 Å². The van der Waals surface area contributed by atoms with Crippen molar-refractivity contribution >= 4 is 33.4 Å². The molecule has 1 aromatic carbocycles. The molecule has 4 fully saturated rings. The van der Waals surface area contributed by atoms with E-state index < -0.39 is 6.04 Å². The Morgan fingerprint density at radius 2 is 1.69 bits per heavy atom. The summed E-state index contributed by atoms with van der Waals surface area (Å²) in [4.78, 5) is 25.6. The Labute approximate surface area is 163 Å². The van der Waals surface area contributed by atoms with Crippen LogP contribution in [0.1, 0.15) is 51.0 Å². The Bertz CT molecular complexity index is 710. The molecule has 2 N–H and O–H groups in total. The zero-order chi connectivity index (χ0) is 18.5. The molecule has 0 aliphatic heterocycles. The maximum atomic E-state index is 13.1. The topological polar surface area (TPSA) is 58.2 Å². The van der Waals surface area contributed by atoms with Gasteiger partial charge in [0, 0.05) is 15.6 Å². The molecule has 5 rings (SSSR count). The van der Waals surface area contributed by atoms with Gasteiger partial charge in [0.2, 0.25) is 11.8 Å². The molecule has 1 aromatic rings. The van der Waals surface area contributed by atoms with Crippen LogP contribution < -0.4 is 10.6 Å². The first kappa shape index (κ1) is 18.0. The molecular weight excluding hydrogens is 392 g/mol. The van der Waals surface area contributed by atoms with Crippen LogP contribution in [0.2, 0.25) is 0 Å². The van der Waals surface area contributed by atoms with E-state index in [2.05, 4.69) is 26.6 Å². The third kappa shape index (κ3) is 3.30. The average Bonchev–Trinajstić information content (AvgIpc) is 2.57. The van der Waals surface area contributed by atoms with Gasteiger partial charge < -0.3 is 10.6 Å². The second-order valence-electron chi connectivity index (χ2n) is 8.85. The standard InChI is InChI=1S/C21H27BrN2O2/c1-12-5-17(3-4-18(12)22)24-19(25)13(2)23-20(26)21-9-14-6-15(10-21)8-16(7-14)11-21/h3-5,13-16H,6-11H2,1-2H3,(H,23,26)(H,24,25)/t13-,14?,15?,16?,21?/m0/s1. The van der Waals surface area contributed by atoms with Crippen molar-refractivity contribution in [3.8, 4) is 0 Å². The molecule has 0 unspecified atom stereocenters. The predicted octanol–water partition coefficient (Wildman–Crippen LogP) is 4.42. The maximum Gasteiger partial charge on any atom is 0.246 e. The zero-order valence-corrected chi connectivity index (χ0v) is 17.1. The molecule has 4 nitrogen and oxygen atoms in total. The second kappa shape index (κ2) is 6.66. The summed E-state index contributed by atoms with van der Waals surface area (Å²) in [5.74, 6) is 2.11. The number of aryl methyl sites for hydroxylation is 1. The van der Waals surface area contributed by atoms with E-state index >= 15 is 0 Å². The highest BCUT2D eigenvalue weighted by Crippen LogP contribution is 2.60. The number of halogens is 1. The number of carbonyl (C=O) groups excluding carboxylic acids is 2. The average molecular weight is 419 g/mol. The lowest BCUT2D eigenvalue weighted by molar-refractivity contribution is -0.147. The minimum absolute atomic E-state index is 0.103. The van der Waals surface area contributed by atoms with Crippen LogP contribution in [0.4, 0.5) is 5.69 Å². The first-order chi connectivity index (χ1) is 12.3. The van der Waals surface area contributed by atoms with Crippen LogP contribution in [0.3, 0.4) is 0 Å². The van der Waals surface area contributed by atoms with E-state index in [4.69, 9.17) is 0 Å². The van der Waals surface area contributed by atoms with Crippen molar-refractivity contribution in [1.82, 2.24) is 5.32 Å². The number of carbonyl (C=O) groups is 2. The Kier molecular flexibility index (Phi) is 4.62. The van der Waals surface area contributed by atoms with Gasteiger partial charge in [-0.3, -0.25) is 9.59 Å². The lowest BCUT2D eigenvalue weighted by Crippen LogP contribution is -2.56. The molecule has 140 valence electrons. The van der Waals surface area contributed by atoms with Gasteiger partial charge in [-0.25, -0.2) is 0 Å². The lowest BCUT2D eigenvalue weighted by atomic mass is 9.49. The number of hydrogen-bond donors (Lipinski definition) is 2. The molecule has 0 heterocycles. The van der Waals surface area contributed by atoms with Crippen LogP contribution in [-0.2, 0) is 9.59 Å². The molecule has 4 aliphatic carbocycles. The van der Waals surface area contributed by atoms with Crippen LogP contribution in [0.25, 0.3) is 0 Å². The summed E-state index contributed by atoms with van der Waals surface area (Å²) >= 11 is 3.46. The molecule has 0 aromatic heterocycles. The fraction of sp³-hybridized carbons (Fsp3) is 0.619. The molecule has 4 aliphatic rings. The third-order valence-corrected chi connectivity index (χ3v) is 7.58. The van der Waals surface area contributed by atoms with Gasteiger partial charge in [-0.15, -0.1) is 0 Å². The molecule has 5 heteroatoms. The quantitative estimate of drug-likeness (QED) is 0.759. The smallest absolute Gasteiger partial charge is 0.246 e. The predicted molar refractivity (Wildman–Crippen MR) is 106 cm³/mol. The van der Waals surface area contributed by atoms with Crippen LogP contribution in [-0.4, -0.2) is 17.9 Å². The highest BCUT2D eigenvalue weighted by atomic mass is 79.9. The minimum Gasteiger partial charge on any atom is -0.344 e. The van der Waals surface area contributed by atoms with Gasteiger partial charge in [0.1, 0.15) is 6.04 Å². The highest BCUT2D eigenvalue weighted by molar-refractivity contribution is 9.10. The van der Waals surface area contributed by atoms with Crippen LogP contribution in [0.15, 0.2) is 22.7 Å². The molecule has 26 heavy (non-hydrogen) atoms. The van der Waals surface area contributed by atoms with Gasteiger partial charge in [-0.2, -0.15) is 0 Å².